The lowest BCUT2D eigenvalue weighted by Crippen LogP contribution is -2.35. The van der Waals surface area contributed by atoms with Crippen LogP contribution in [0.4, 0.5) is 0 Å². The van der Waals surface area contributed by atoms with E-state index in [1.165, 1.54) is 14.2 Å². The topological polar surface area (TPSA) is 71.0 Å². The average molecular weight is 163 g/mol. The van der Waals surface area contributed by atoms with Crippen LogP contribution in [-0.2, 0) is 9.47 Å². The molecular formula is C6H13NO4. The molecule has 1 aliphatic heterocycles. The molecule has 5 nitrogen and oxygen atoms in total. The van der Waals surface area contributed by atoms with Crippen molar-refractivity contribution in [2.24, 2.45) is 0 Å². The van der Waals surface area contributed by atoms with Gasteiger partial charge in [0, 0.05) is 14.2 Å². The molecule has 0 saturated carbocycles. The van der Waals surface area contributed by atoms with Crippen molar-refractivity contribution >= 4 is 0 Å². The molecule has 0 unspecified atom stereocenters. The van der Waals surface area contributed by atoms with Crippen LogP contribution < -0.4 is 5.32 Å². The SMILES string of the molecule is CO[C@H]1N[C@@H](OC)[C@@H](O)[C@@H]1O. The molecular weight excluding hydrogens is 150 g/mol. The van der Waals surface area contributed by atoms with Crippen LogP contribution in [0.5, 0.6) is 0 Å². The second kappa shape index (κ2) is 3.46. The van der Waals surface area contributed by atoms with Gasteiger partial charge in [-0.05, 0) is 0 Å². The minimum atomic E-state index is -0.926. The van der Waals surface area contributed by atoms with E-state index < -0.39 is 24.7 Å². The van der Waals surface area contributed by atoms with Crippen molar-refractivity contribution in [1.29, 1.82) is 0 Å². The zero-order valence-electron chi connectivity index (χ0n) is 6.52. The smallest absolute Gasteiger partial charge is 0.138 e. The summed E-state index contributed by atoms with van der Waals surface area (Å²) in [5.41, 5.74) is 0. The molecule has 0 spiro atoms. The van der Waals surface area contributed by atoms with Crippen LogP contribution in [0.3, 0.4) is 0 Å². The van der Waals surface area contributed by atoms with Crippen molar-refractivity contribution < 1.29 is 19.7 Å². The Kier molecular flexibility index (Phi) is 2.80. The summed E-state index contributed by atoms with van der Waals surface area (Å²) in [6.45, 7) is 0. The van der Waals surface area contributed by atoms with Crippen LogP contribution in [-0.4, -0.2) is 49.1 Å². The molecule has 0 bridgehead atoms. The van der Waals surface area contributed by atoms with Crippen LogP contribution in [0.15, 0.2) is 0 Å². The van der Waals surface area contributed by atoms with Crippen molar-refractivity contribution in [2.45, 2.75) is 24.7 Å². The molecule has 1 fully saturated rings. The summed E-state index contributed by atoms with van der Waals surface area (Å²) in [7, 11) is 2.90. The normalized spacial score (nSPS) is 44.7. The van der Waals surface area contributed by atoms with Crippen molar-refractivity contribution in [3.63, 3.8) is 0 Å². The number of rotatable bonds is 2. The number of hydrogen-bond donors (Lipinski definition) is 3. The van der Waals surface area contributed by atoms with Crippen molar-refractivity contribution in [3.05, 3.63) is 0 Å². The molecule has 1 saturated heterocycles. The summed E-state index contributed by atoms with van der Waals surface area (Å²) in [6.07, 6.45) is -2.94. The molecule has 5 heteroatoms. The highest BCUT2D eigenvalue weighted by Crippen LogP contribution is 2.14. The van der Waals surface area contributed by atoms with Crippen LogP contribution in [0.1, 0.15) is 0 Å². The highest BCUT2D eigenvalue weighted by Gasteiger charge is 2.41. The number of nitrogens with one attached hydrogen (secondary N) is 1. The monoisotopic (exact) mass is 163 g/mol. The van der Waals surface area contributed by atoms with E-state index in [-0.39, 0.29) is 0 Å². The Labute approximate surface area is 64.9 Å². The van der Waals surface area contributed by atoms with Crippen LogP contribution >= 0.6 is 0 Å². The van der Waals surface area contributed by atoms with Gasteiger partial charge in [0.05, 0.1) is 0 Å². The molecule has 0 radical (unpaired) electrons. The van der Waals surface area contributed by atoms with Gasteiger partial charge >= 0.3 is 0 Å². The molecule has 0 aliphatic carbocycles. The predicted molar refractivity (Wildman–Crippen MR) is 36.7 cm³/mol. The summed E-state index contributed by atoms with van der Waals surface area (Å²) < 4.78 is 9.65. The lowest BCUT2D eigenvalue weighted by atomic mass is 10.2. The van der Waals surface area contributed by atoms with Gasteiger partial charge in [-0.1, -0.05) is 0 Å². The van der Waals surface area contributed by atoms with Crippen LogP contribution in [0.2, 0.25) is 0 Å². The Morgan fingerprint density at radius 1 is 1.00 bits per heavy atom. The summed E-state index contributed by atoms with van der Waals surface area (Å²) in [5, 5.41) is 21.2. The molecule has 11 heavy (non-hydrogen) atoms. The van der Waals surface area contributed by atoms with Gasteiger partial charge in [-0.15, -0.1) is 0 Å². The predicted octanol–water partition coefficient (Wildman–Crippen LogP) is -1.74. The fourth-order valence-corrected chi connectivity index (χ4v) is 1.13. The Hall–Kier alpha value is -0.200. The van der Waals surface area contributed by atoms with Crippen LogP contribution in [0.25, 0.3) is 0 Å². The number of hydrogen-bond acceptors (Lipinski definition) is 5. The maximum atomic E-state index is 9.24. The van der Waals surface area contributed by atoms with E-state index in [1.54, 1.807) is 0 Å². The molecule has 1 aliphatic rings. The summed E-state index contributed by atoms with van der Waals surface area (Å²) in [6, 6.07) is 0. The molecule has 66 valence electrons. The molecule has 4 atom stereocenters. The first-order valence-corrected chi connectivity index (χ1v) is 3.38. The van der Waals surface area contributed by atoms with Crippen molar-refractivity contribution in [3.8, 4) is 0 Å². The zero-order valence-corrected chi connectivity index (χ0v) is 6.52. The summed E-state index contributed by atoms with van der Waals surface area (Å²) in [5.74, 6) is 0. The Balaban J connectivity index is 2.53. The minimum absolute atomic E-state index is 0.546. The van der Waals surface area contributed by atoms with Gasteiger partial charge in [-0.2, -0.15) is 0 Å². The molecule has 0 amide bonds. The molecule has 0 aromatic heterocycles. The largest absolute Gasteiger partial charge is 0.386 e. The first-order valence-electron chi connectivity index (χ1n) is 3.38. The van der Waals surface area contributed by atoms with E-state index in [9.17, 15) is 10.2 Å². The average Bonchev–Trinajstić information content (AvgIpc) is 2.30. The van der Waals surface area contributed by atoms with E-state index in [0.717, 1.165) is 0 Å². The lowest BCUT2D eigenvalue weighted by Gasteiger charge is -2.12. The van der Waals surface area contributed by atoms with Gasteiger partial charge in [-0.3, -0.25) is 5.32 Å². The maximum Gasteiger partial charge on any atom is 0.138 e. The second-order valence-corrected chi connectivity index (χ2v) is 2.46. The van der Waals surface area contributed by atoms with E-state index in [2.05, 4.69) is 5.32 Å². The number of aliphatic hydroxyl groups excluding tert-OH is 2. The molecule has 1 heterocycles. The zero-order chi connectivity index (χ0) is 8.43. The summed E-state index contributed by atoms with van der Waals surface area (Å²) >= 11 is 0. The highest BCUT2D eigenvalue weighted by atomic mass is 16.5. The van der Waals surface area contributed by atoms with Gasteiger partial charge in [-0.25, -0.2) is 0 Å². The van der Waals surface area contributed by atoms with Crippen molar-refractivity contribution in [1.82, 2.24) is 5.32 Å². The summed E-state index contributed by atoms with van der Waals surface area (Å²) in [4.78, 5) is 0. The first-order chi connectivity index (χ1) is 5.20. The Morgan fingerprint density at radius 3 is 1.55 bits per heavy atom. The van der Waals surface area contributed by atoms with Crippen LogP contribution in [0, 0.1) is 0 Å². The number of methoxy groups -OCH3 is 2. The van der Waals surface area contributed by atoms with E-state index in [0.29, 0.717) is 0 Å². The van der Waals surface area contributed by atoms with Gasteiger partial charge in [0.15, 0.2) is 0 Å². The van der Waals surface area contributed by atoms with Crippen molar-refractivity contribution in [2.75, 3.05) is 14.2 Å². The molecule has 1 rings (SSSR count). The third-order valence-corrected chi connectivity index (χ3v) is 1.81. The quantitative estimate of drug-likeness (QED) is 0.450. The number of ether oxygens (including phenoxy) is 2. The van der Waals surface area contributed by atoms with E-state index in [4.69, 9.17) is 9.47 Å². The van der Waals surface area contributed by atoms with Gasteiger partial charge in [0.2, 0.25) is 0 Å². The molecule has 0 aromatic rings. The lowest BCUT2D eigenvalue weighted by molar-refractivity contribution is -0.0582. The second-order valence-electron chi connectivity index (χ2n) is 2.46. The van der Waals surface area contributed by atoms with Gasteiger partial charge < -0.3 is 19.7 Å². The molecule has 3 N–H and O–H groups in total. The van der Waals surface area contributed by atoms with Gasteiger partial charge in [0.25, 0.3) is 0 Å². The Morgan fingerprint density at radius 2 is 1.36 bits per heavy atom. The Bertz CT molecular complexity index is 114. The fourth-order valence-electron chi connectivity index (χ4n) is 1.13. The maximum absolute atomic E-state index is 9.24. The van der Waals surface area contributed by atoms with E-state index in [1.807, 2.05) is 0 Å². The molecule has 0 aromatic carbocycles. The third-order valence-electron chi connectivity index (χ3n) is 1.81. The fraction of sp³-hybridized carbons (Fsp3) is 1.00. The highest BCUT2D eigenvalue weighted by molar-refractivity contribution is 4.88. The van der Waals surface area contributed by atoms with Gasteiger partial charge in [0.1, 0.15) is 24.7 Å². The standard InChI is InChI=1S/C6H13NO4/c1-10-5-3(8)4(9)6(7-5)11-2/h3-9H,1-2H3/t3-,4-,5-,6+/m0/s1. The first kappa shape index (κ1) is 8.89. The van der Waals surface area contributed by atoms with E-state index >= 15 is 0 Å². The number of aliphatic hydroxyl groups is 2. The minimum Gasteiger partial charge on any atom is -0.386 e. The third kappa shape index (κ3) is 1.52.